The van der Waals surface area contributed by atoms with Gasteiger partial charge in [0.25, 0.3) is 0 Å². The molecule has 0 heterocycles. The Kier molecular flexibility index (Phi) is 18.2. The van der Waals surface area contributed by atoms with Crippen LogP contribution >= 0.6 is 0 Å². The summed E-state index contributed by atoms with van der Waals surface area (Å²) in [5.41, 5.74) is 2.78. The Morgan fingerprint density at radius 1 is 0.588 bits per heavy atom. The molecule has 0 spiro atoms. The number of hydrogen-bond donors (Lipinski definition) is 0. The van der Waals surface area contributed by atoms with Gasteiger partial charge in [-0.2, -0.15) is 0 Å². The molecule has 0 saturated heterocycles. The Morgan fingerprint density at radius 2 is 1.00 bits per heavy atom. The van der Waals surface area contributed by atoms with Gasteiger partial charge in [0.05, 0.1) is 6.61 Å². The van der Waals surface area contributed by atoms with E-state index in [0.717, 1.165) is 50.2 Å². The minimum atomic E-state index is 0.0346. The second-order valence-electron chi connectivity index (χ2n) is 8.83. The van der Waals surface area contributed by atoms with Crippen molar-refractivity contribution >= 4 is 0 Å². The van der Waals surface area contributed by atoms with Crippen molar-refractivity contribution in [2.75, 3.05) is 27.4 Å². The quantitative estimate of drug-likeness (QED) is 0.272. The normalized spacial score (nSPS) is 10.6. The summed E-state index contributed by atoms with van der Waals surface area (Å²) in [6.45, 7) is 16.4. The fourth-order valence-corrected chi connectivity index (χ4v) is 3.89. The van der Waals surface area contributed by atoms with Crippen LogP contribution in [0.1, 0.15) is 105 Å². The molecular formula is C31H53NO2. The lowest BCUT2D eigenvalue weighted by Crippen LogP contribution is -2.27. The first-order valence-corrected chi connectivity index (χ1v) is 13.6. The van der Waals surface area contributed by atoms with E-state index in [4.69, 9.17) is 9.47 Å². The van der Waals surface area contributed by atoms with Crippen molar-refractivity contribution < 1.29 is 9.47 Å². The third-order valence-electron chi connectivity index (χ3n) is 5.63. The van der Waals surface area contributed by atoms with Crippen molar-refractivity contribution in [2.24, 2.45) is 0 Å². The molecule has 2 aromatic rings. The summed E-state index contributed by atoms with van der Waals surface area (Å²) in [7, 11) is 4.02. The smallest absolute Gasteiger partial charge is 0.141 e. The predicted octanol–water partition coefficient (Wildman–Crippen LogP) is 9.09. The number of nitrogens with zero attached hydrogens (tertiary/aromatic N) is 1. The molecule has 2 aromatic carbocycles. The highest BCUT2D eigenvalue weighted by molar-refractivity contribution is 5.43. The zero-order valence-corrected chi connectivity index (χ0v) is 23.7. The van der Waals surface area contributed by atoms with E-state index in [0.29, 0.717) is 6.73 Å². The minimum Gasteiger partial charge on any atom is -0.494 e. The summed E-state index contributed by atoms with van der Waals surface area (Å²) in [5, 5.41) is 0. The lowest BCUT2D eigenvalue weighted by Gasteiger charge is -2.35. The molecular weight excluding hydrogens is 418 g/mol. The van der Waals surface area contributed by atoms with Crippen LogP contribution in [0.25, 0.3) is 0 Å². The van der Waals surface area contributed by atoms with Crippen molar-refractivity contribution in [3.63, 3.8) is 0 Å². The zero-order chi connectivity index (χ0) is 25.8. The Morgan fingerprint density at radius 3 is 1.32 bits per heavy atom. The number of ether oxygens (including phenoxy) is 2. The van der Waals surface area contributed by atoms with Crippen LogP contribution in [-0.2, 0) is 5.41 Å². The summed E-state index contributed by atoms with van der Waals surface area (Å²) in [6, 6.07) is 17.5. The van der Waals surface area contributed by atoms with Crippen LogP contribution in [0.15, 0.2) is 48.5 Å². The van der Waals surface area contributed by atoms with Crippen LogP contribution in [0.4, 0.5) is 0 Å². The van der Waals surface area contributed by atoms with Gasteiger partial charge in [-0.25, -0.2) is 0 Å². The second kappa shape index (κ2) is 19.3. The fraction of sp³-hybridized carbons (Fsp3) is 0.613. The minimum absolute atomic E-state index is 0.0346. The van der Waals surface area contributed by atoms with Crippen molar-refractivity contribution in [1.82, 2.24) is 4.90 Å². The molecule has 0 saturated carbocycles. The van der Waals surface area contributed by atoms with E-state index in [1.807, 2.05) is 32.8 Å². The maximum absolute atomic E-state index is 5.82. The summed E-state index contributed by atoms with van der Waals surface area (Å²) in [5.74, 6) is 1.88. The molecule has 34 heavy (non-hydrogen) atoms. The molecule has 0 amide bonds. The average molecular weight is 472 g/mol. The molecule has 0 atom stereocenters. The Balaban J connectivity index is 0.00000164. The van der Waals surface area contributed by atoms with E-state index in [2.05, 4.69) is 83.1 Å². The van der Waals surface area contributed by atoms with Crippen LogP contribution in [0, 0.1) is 0 Å². The van der Waals surface area contributed by atoms with Crippen molar-refractivity contribution in [3.05, 3.63) is 59.7 Å². The van der Waals surface area contributed by atoms with Crippen molar-refractivity contribution in [2.45, 2.75) is 98.8 Å². The molecule has 0 aromatic heterocycles. The number of hydrogen-bond acceptors (Lipinski definition) is 3. The second-order valence-corrected chi connectivity index (χ2v) is 8.83. The van der Waals surface area contributed by atoms with Gasteiger partial charge < -0.3 is 9.47 Å². The first-order chi connectivity index (χ1) is 16.5. The van der Waals surface area contributed by atoms with E-state index in [9.17, 15) is 0 Å². The van der Waals surface area contributed by atoms with Crippen LogP contribution in [0.5, 0.6) is 11.5 Å². The average Bonchev–Trinajstić information content (AvgIpc) is 2.88. The fourth-order valence-electron chi connectivity index (χ4n) is 3.89. The van der Waals surface area contributed by atoms with E-state index in [1.165, 1.54) is 24.0 Å². The van der Waals surface area contributed by atoms with Gasteiger partial charge in [0, 0.05) is 5.41 Å². The van der Waals surface area contributed by atoms with E-state index in [-0.39, 0.29) is 5.41 Å². The predicted molar refractivity (Wildman–Crippen MR) is 150 cm³/mol. The highest BCUT2D eigenvalue weighted by Gasteiger charge is 2.32. The van der Waals surface area contributed by atoms with Crippen LogP contribution < -0.4 is 9.47 Å². The molecule has 194 valence electrons. The Bertz CT molecular complexity index is 699. The lowest BCUT2D eigenvalue weighted by molar-refractivity contribution is 0.179. The van der Waals surface area contributed by atoms with Crippen LogP contribution in [-0.4, -0.2) is 32.3 Å². The van der Waals surface area contributed by atoms with Gasteiger partial charge in [-0.1, -0.05) is 98.4 Å². The van der Waals surface area contributed by atoms with Gasteiger partial charge in [-0.15, -0.1) is 0 Å². The topological polar surface area (TPSA) is 21.7 Å². The van der Waals surface area contributed by atoms with Crippen molar-refractivity contribution in [1.29, 1.82) is 0 Å². The zero-order valence-electron chi connectivity index (χ0n) is 23.7. The van der Waals surface area contributed by atoms with Gasteiger partial charge in [0.1, 0.15) is 18.2 Å². The highest BCUT2D eigenvalue weighted by atomic mass is 16.5. The van der Waals surface area contributed by atoms with Crippen LogP contribution in [0.3, 0.4) is 0 Å². The first-order valence-electron chi connectivity index (χ1n) is 13.6. The number of benzene rings is 2. The third kappa shape index (κ3) is 11.0. The largest absolute Gasteiger partial charge is 0.494 e. The molecule has 0 unspecified atom stereocenters. The molecule has 0 aliphatic rings. The summed E-state index contributed by atoms with van der Waals surface area (Å²) in [6.07, 6.45) is 8.22. The molecule has 0 aliphatic carbocycles. The SMILES string of the molecule is CC.CCCC.CCCOc1ccc(C(CCC)(CCC)c2ccc(OCN(C)C)cc2)cc1. The standard InChI is InChI=1S/C25H37NO2.C4H10.C2H6/c1-6-17-25(18-7-2,21-9-13-23(14-10-21)27-19-8-3)22-11-15-24(16-12-22)28-20-26(4)5;1-3-4-2;1-2/h9-16H,6-8,17-20H2,1-5H3;3-4H2,1-2H3;1-2H3. The van der Waals surface area contributed by atoms with E-state index >= 15 is 0 Å². The molecule has 3 heteroatoms. The van der Waals surface area contributed by atoms with Crippen LogP contribution in [0.2, 0.25) is 0 Å². The van der Waals surface area contributed by atoms with E-state index in [1.54, 1.807) is 0 Å². The first kappa shape index (κ1) is 32.0. The number of unbranched alkanes of at least 4 members (excludes halogenated alkanes) is 1. The highest BCUT2D eigenvalue weighted by Crippen LogP contribution is 2.42. The molecule has 0 N–H and O–H groups in total. The Hall–Kier alpha value is -2.00. The molecule has 0 radical (unpaired) electrons. The van der Waals surface area contributed by atoms with E-state index < -0.39 is 0 Å². The molecule has 0 aliphatic heterocycles. The van der Waals surface area contributed by atoms with Crippen molar-refractivity contribution in [3.8, 4) is 11.5 Å². The van der Waals surface area contributed by atoms with Gasteiger partial charge >= 0.3 is 0 Å². The molecule has 0 fully saturated rings. The summed E-state index contributed by atoms with van der Waals surface area (Å²) >= 11 is 0. The molecule has 0 bridgehead atoms. The number of rotatable bonds is 13. The lowest BCUT2D eigenvalue weighted by atomic mass is 9.68. The maximum Gasteiger partial charge on any atom is 0.141 e. The Labute approximate surface area is 211 Å². The molecule has 3 nitrogen and oxygen atoms in total. The van der Waals surface area contributed by atoms with Gasteiger partial charge in [0.15, 0.2) is 0 Å². The monoisotopic (exact) mass is 471 g/mol. The van der Waals surface area contributed by atoms with Gasteiger partial charge in [-0.05, 0) is 68.8 Å². The van der Waals surface area contributed by atoms with Gasteiger partial charge in [-0.3, -0.25) is 4.90 Å². The van der Waals surface area contributed by atoms with Gasteiger partial charge in [0.2, 0.25) is 0 Å². The summed E-state index contributed by atoms with van der Waals surface area (Å²) in [4.78, 5) is 2.02. The molecule has 2 rings (SSSR count). The third-order valence-corrected chi connectivity index (χ3v) is 5.63. The maximum atomic E-state index is 5.82. The summed E-state index contributed by atoms with van der Waals surface area (Å²) < 4.78 is 11.6.